The molecule has 3 aromatic heterocycles. The highest BCUT2D eigenvalue weighted by Crippen LogP contribution is 2.29. The van der Waals surface area contributed by atoms with Crippen LogP contribution in [0.25, 0.3) is 23.2 Å². The summed E-state index contributed by atoms with van der Waals surface area (Å²) in [7, 11) is 0. The van der Waals surface area contributed by atoms with Gasteiger partial charge in [-0.3, -0.25) is 19.7 Å². The van der Waals surface area contributed by atoms with Gasteiger partial charge in [0.05, 0.1) is 6.07 Å². The number of benzene rings is 1. The molecule has 0 saturated heterocycles. The Morgan fingerprint density at radius 3 is 2.52 bits per heavy atom. The first-order chi connectivity index (χ1) is 14.1. The normalized spacial score (nSPS) is 11.2. The Morgan fingerprint density at radius 1 is 1.07 bits per heavy atom. The maximum absolute atomic E-state index is 13.4. The number of nitro groups is 1. The third kappa shape index (κ3) is 4.06. The lowest BCUT2D eigenvalue weighted by Gasteiger charge is -2.09. The summed E-state index contributed by atoms with van der Waals surface area (Å²) in [6, 6.07) is 12.4. The average molecular weight is 409 g/mol. The SMILES string of the molecule is O=[N+]([O-])c1ccc(/C=C/Sc2nnc(-c3ccncc3)n2-c2ccc(F)cc2)o1. The quantitative estimate of drug-likeness (QED) is 0.258. The molecule has 29 heavy (non-hydrogen) atoms. The lowest BCUT2D eigenvalue weighted by Crippen LogP contribution is -1.99. The van der Waals surface area contributed by atoms with Crippen molar-refractivity contribution in [3.8, 4) is 17.1 Å². The van der Waals surface area contributed by atoms with Gasteiger partial charge in [-0.25, -0.2) is 4.39 Å². The first-order valence-electron chi connectivity index (χ1n) is 8.31. The van der Waals surface area contributed by atoms with E-state index in [1.807, 2.05) is 0 Å². The minimum absolute atomic E-state index is 0.330. The largest absolute Gasteiger partial charge is 0.433 e. The van der Waals surface area contributed by atoms with Crippen molar-refractivity contribution in [3.63, 3.8) is 0 Å². The van der Waals surface area contributed by atoms with Crippen LogP contribution in [0.3, 0.4) is 0 Å². The van der Waals surface area contributed by atoms with Crippen LogP contribution in [-0.4, -0.2) is 24.7 Å². The van der Waals surface area contributed by atoms with Crippen LogP contribution in [0.2, 0.25) is 0 Å². The Balaban J connectivity index is 1.67. The highest BCUT2D eigenvalue weighted by Gasteiger charge is 2.16. The zero-order chi connectivity index (χ0) is 20.2. The topological polar surface area (TPSA) is 99.9 Å². The second kappa shape index (κ2) is 8.07. The highest BCUT2D eigenvalue weighted by atomic mass is 32.2. The molecule has 144 valence electrons. The van der Waals surface area contributed by atoms with Crippen molar-refractivity contribution in [2.75, 3.05) is 0 Å². The zero-order valence-corrected chi connectivity index (χ0v) is 15.5. The molecule has 0 bridgehead atoms. The highest BCUT2D eigenvalue weighted by molar-refractivity contribution is 8.02. The Hall–Kier alpha value is -3.79. The fourth-order valence-electron chi connectivity index (χ4n) is 2.55. The van der Waals surface area contributed by atoms with Crippen molar-refractivity contribution >= 4 is 23.7 Å². The summed E-state index contributed by atoms with van der Waals surface area (Å²) in [4.78, 5) is 14.1. The molecule has 0 spiro atoms. The van der Waals surface area contributed by atoms with E-state index in [0.29, 0.717) is 22.4 Å². The monoisotopic (exact) mass is 409 g/mol. The molecule has 0 aliphatic carbocycles. The van der Waals surface area contributed by atoms with E-state index in [2.05, 4.69) is 15.2 Å². The molecule has 0 fully saturated rings. The predicted molar refractivity (Wildman–Crippen MR) is 105 cm³/mol. The predicted octanol–water partition coefficient (Wildman–Crippen LogP) is 4.73. The van der Waals surface area contributed by atoms with Crippen LogP contribution in [0.15, 0.2) is 75.9 Å². The summed E-state index contributed by atoms with van der Waals surface area (Å²) in [5.74, 6) is 0.236. The van der Waals surface area contributed by atoms with Crippen LogP contribution in [0.5, 0.6) is 0 Å². The molecule has 0 aliphatic rings. The van der Waals surface area contributed by atoms with Gasteiger partial charge in [0.15, 0.2) is 11.0 Å². The fourth-order valence-corrected chi connectivity index (χ4v) is 3.26. The minimum Gasteiger partial charge on any atom is -0.401 e. The van der Waals surface area contributed by atoms with Gasteiger partial charge in [-0.15, -0.1) is 10.2 Å². The van der Waals surface area contributed by atoms with Crippen molar-refractivity contribution in [2.45, 2.75) is 5.16 Å². The lowest BCUT2D eigenvalue weighted by molar-refractivity contribution is -0.402. The van der Waals surface area contributed by atoms with Gasteiger partial charge in [0.2, 0.25) is 0 Å². The Morgan fingerprint density at radius 2 is 1.83 bits per heavy atom. The number of hydrogen-bond acceptors (Lipinski definition) is 7. The second-order valence-corrected chi connectivity index (χ2v) is 6.58. The van der Waals surface area contributed by atoms with Gasteiger partial charge in [0.1, 0.15) is 16.5 Å². The van der Waals surface area contributed by atoms with Crippen molar-refractivity contribution < 1.29 is 13.7 Å². The molecule has 3 heterocycles. The van der Waals surface area contributed by atoms with E-state index in [1.165, 1.54) is 36.0 Å². The van der Waals surface area contributed by atoms with E-state index < -0.39 is 4.92 Å². The standard InChI is InChI=1S/C19H12FN5O3S/c20-14-1-3-15(4-2-14)24-18(13-7-10-21-11-8-13)22-23-19(24)29-12-9-16-5-6-17(28-16)25(26)27/h1-12H/b12-9+. The molecule has 0 atom stereocenters. The summed E-state index contributed by atoms with van der Waals surface area (Å²) < 4.78 is 20.3. The fraction of sp³-hybridized carbons (Fsp3) is 0. The third-order valence-corrected chi connectivity index (χ3v) is 4.60. The molecular formula is C19H12FN5O3S. The number of rotatable bonds is 6. The van der Waals surface area contributed by atoms with Crippen LogP contribution in [0.1, 0.15) is 5.76 Å². The van der Waals surface area contributed by atoms with Crippen LogP contribution in [0, 0.1) is 15.9 Å². The molecule has 0 saturated carbocycles. The average Bonchev–Trinajstić information content (AvgIpc) is 3.37. The van der Waals surface area contributed by atoms with Crippen LogP contribution in [-0.2, 0) is 0 Å². The van der Waals surface area contributed by atoms with E-state index >= 15 is 0 Å². The van der Waals surface area contributed by atoms with Gasteiger partial charge >= 0.3 is 5.88 Å². The molecule has 0 radical (unpaired) electrons. The molecule has 8 nitrogen and oxygen atoms in total. The van der Waals surface area contributed by atoms with Crippen molar-refractivity contribution in [3.05, 3.63) is 88.0 Å². The van der Waals surface area contributed by atoms with E-state index in [0.717, 1.165) is 5.56 Å². The first kappa shape index (κ1) is 18.6. The summed E-state index contributed by atoms with van der Waals surface area (Å²) >= 11 is 1.24. The number of aromatic nitrogens is 4. The van der Waals surface area contributed by atoms with Gasteiger partial charge in [0, 0.05) is 23.6 Å². The lowest BCUT2D eigenvalue weighted by atomic mass is 10.2. The van der Waals surface area contributed by atoms with Gasteiger partial charge in [-0.1, -0.05) is 11.8 Å². The molecular weight excluding hydrogens is 397 g/mol. The maximum Gasteiger partial charge on any atom is 0.433 e. The number of thioether (sulfide) groups is 1. The number of pyridine rings is 1. The number of halogens is 1. The molecule has 0 amide bonds. The van der Waals surface area contributed by atoms with E-state index in [-0.39, 0.29) is 11.7 Å². The molecule has 10 heteroatoms. The smallest absolute Gasteiger partial charge is 0.401 e. The van der Waals surface area contributed by atoms with Crippen molar-refractivity contribution in [1.29, 1.82) is 0 Å². The van der Waals surface area contributed by atoms with Crippen molar-refractivity contribution in [1.82, 2.24) is 19.7 Å². The van der Waals surface area contributed by atoms with Crippen LogP contribution < -0.4 is 0 Å². The van der Waals surface area contributed by atoms with Crippen LogP contribution >= 0.6 is 11.8 Å². The first-order valence-corrected chi connectivity index (χ1v) is 9.19. The Kier molecular flexibility index (Phi) is 5.16. The summed E-state index contributed by atoms with van der Waals surface area (Å²) in [5.41, 5.74) is 1.49. The Bertz CT molecular complexity index is 1170. The molecule has 0 aliphatic heterocycles. The molecule has 0 N–H and O–H groups in total. The molecule has 1 aromatic carbocycles. The summed E-state index contributed by atoms with van der Waals surface area (Å²) in [6.07, 6.45) is 4.89. The number of hydrogen-bond donors (Lipinski definition) is 0. The van der Waals surface area contributed by atoms with Gasteiger partial charge in [0.25, 0.3) is 0 Å². The third-order valence-electron chi connectivity index (χ3n) is 3.86. The number of furan rings is 1. The summed E-state index contributed by atoms with van der Waals surface area (Å²) in [5, 5.41) is 21.4. The summed E-state index contributed by atoms with van der Waals surface area (Å²) in [6.45, 7) is 0. The molecule has 4 aromatic rings. The van der Waals surface area contributed by atoms with E-state index in [9.17, 15) is 14.5 Å². The molecule has 4 rings (SSSR count). The number of nitrogens with zero attached hydrogens (tertiary/aromatic N) is 5. The zero-order valence-electron chi connectivity index (χ0n) is 14.7. The van der Waals surface area contributed by atoms with E-state index in [4.69, 9.17) is 4.42 Å². The van der Waals surface area contributed by atoms with Gasteiger partial charge < -0.3 is 4.42 Å². The second-order valence-electron chi connectivity index (χ2n) is 5.71. The van der Waals surface area contributed by atoms with Crippen molar-refractivity contribution in [2.24, 2.45) is 0 Å². The minimum atomic E-state index is -0.601. The van der Waals surface area contributed by atoms with Gasteiger partial charge in [-0.05, 0) is 53.9 Å². The maximum atomic E-state index is 13.4. The van der Waals surface area contributed by atoms with Gasteiger partial charge in [-0.2, -0.15) is 0 Å². The van der Waals surface area contributed by atoms with Crippen LogP contribution in [0.4, 0.5) is 10.3 Å². The molecule has 0 unspecified atom stereocenters. The Labute approximate surface area is 167 Å². The van der Waals surface area contributed by atoms with E-state index in [1.54, 1.807) is 52.7 Å².